The molecule has 0 aliphatic heterocycles. The van der Waals surface area contributed by atoms with E-state index < -0.39 is 0 Å². The van der Waals surface area contributed by atoms with Crippen molar-refractivity contribution in [2.24, 2.45) is 0 Å². The van der Waals surface area contributed by atoms with Crippen LogP contribution >= 0.6 is 15.9 Å². The lowest BCUT2D eigenvalue weighted by Gasteiger charge is -2.26. The van der Waals surface area contributed by atoms with Crippen LogP contribution in [-0.4, -0.2) is 4.98 Å². The second-order valence-corrected chi connectivity index (χ2v) is 17.7. The first-order chi connectivity index (χ1) is 28.7. The normalized spacial score (nSPS) is 13.8. The number of H-pyrrole nitrogens is 1. The van der Waals surface area contributed by atoms with Gasteiger partial charge in [0.15, 0.2) is 0 Å². The smallest absolute Gasteiger partial charge is 0.0509 e. The molecule has 11 rings (SSSR count). The molecular weight excluding hydrogens is 781 g/mol. The van der Waals surface area contributed by atoms with E-state index in [0.29, 0.717) is 0 Å². The van der Waals surface area contributed by atoms with Gasteiger partial charge >= 0.3 is 0 Å². The van der Waals surface area contributed by atoms with E-state index in [4.69, 9.17) is 0 Å². The highest BCUT2D eigenvalue weighted by molar-refractivity contribution is 9.10. The van der Waals surface area contributed by atoms with Gasteiger partial charge in [0.05, 0.1) is 5.69 Å². The van der Waals surface area contributed by atoms with Gasteiger partial charge in [-0.2, -0.15) is 0 Å². The van der Waals surface area contributed by atoms with Crippen molar-refractivity contribution in [1.82, 2.24) is 4.98 Å². The number of fused-ring (bicyclic) bond motifs is 8. The van der Waals surface area contributed by atoms with Crippen LogP contribution in [0.2, 0.25) is 0 Å². The standard InChI is InChI=1S/C41H32N2.C15H13Br/c1-41(2)37-26-21-31(27-36(37)40-39(41)35-15-9-10-16-38(35)42-40)30-19-24-34(25-20-30)43(32-13-7-4-8-14-32)33-22-17-29(18-23-33)28-11-5-3-6-12-28;1-15(2)13-6-4-3-5-11(13)12-8-7-10(16)9-14(12)15/h3-27,42H,1-2H3;3-9H,1-2H3. The molecule has 0 bridgehead atoms. The van der Waals surface area contributed by atoms with Crippen LogP contribution in [-0.2, 0) is 10.8 Å². The van der Waals surface area contributed by atoms with Gasteiger partial charge in [0.1, 0.15) is 0 Å². The summed E-state index contributed by atoms with van der Waals surface area (Å²) in [4.78, 5) is 6.05. The summed E-state index contributed by atoms with van der Waals surface area (Å²) >= 11 is 3.56. The van der Waals surface area contributed by atoms with E-state index in [1.807, 2.05) is 0 Å². The molecule has 9 aromatic rings. The Kier molecular flexibility index (Phi) is 9.03. The van der Waals surface area contributed by atoms with E-state index >= 15 is 0 Å². The van der Waals surface area contributed by atoms with Gasteiger partial charge < -0.3 is 9.88 Å². The van der Waals surface area contributed by atoms with Gasteiger partial charge in [0, 0.05) is 48.8 Å². The summed E-state index contributed by atoms with van der Waals surface area (Å²) in [6.45, 7) is 9.28. The minimum absolute atomic E-state index is 0.0428. The third-order valence-corrected chi connectivity index (χ3v) is 13.0. The second-order valence-electron chi connectivity index (χ2n) is 16.8. The lowest BCUT2D eigenvalue weighted by atomic mass is 9.81. The molecule has 2 aliphatic rings. The summed E-state index contributed by atoms with van der Waals surface area (Å²) in [5.41, 5.74) is 20.5. The number of aromatic amines is 1. The minimum atomic E-state index is -0.0428. The molecule has 0 spiro atoms. The molecule has 0 unspecified atom stereocenters. The Hall–Kier alpha value is -6.42. The third-order valence-electron chi connectivity index (χ3n) is 12.5. The summed E-state index contributed by atoms with van der Waals surface area (Å²) in [7, 11) is 0. The van der Waals surface area contributed by atoms with Crippen molar-refractivity contribution in [2.45, 2.75) is 38.5 Å². The van der Waals surface area contributed by atoms with Crippen molar-refractivity contribution < 1.29 is 0 Å². The van der Waals surface area contributed by atoms with Crippen LogP contribution in [0.25, 0.3) is 55.5 Å². The highest BCUT2D eigenvalue weighted by Gasteiger charge is 2.39. The maximum atomic E-state index is 3.73. The number of benzene rings is 8. The Morgan fingerprint density at radius 2 is 0.932 bits per heavy atom. The molecule has 8 aromatic carbocycles. The van der Waals surface area contributed by atoms with Crippen molar-refractivity contribution in [2.75, 3.05) is 4.90 Å². The molecule has 2 aliphatic carbocycles. The molecule has 3 heteroatoms. The van der Waals surface area contributed by atoms with E-state index in [0.717, 1.165) is 21.5 Å². The molecule has 59 heavy (non-hydrogen) atoms. The van der Waals surface area contributed by atoms with E-state index in [2.05, 4.69) is 248 Å². The predicted octanol–water partition coefficient (Wildman–Crippen LogP) is 16.0. The van der Waals surface area contributed by atoms with E-state index in [1.54, 1.807) is 0 Å². The molecule has 0 radical (unpaired) electrons. The number of halogens is 1. The predicted molar refractivity (Wildman–Crippen MR) is 253 cm³/mol. The zero-order valence-corrected chi connectivity index (χ0v) is 35.4. The molecule has 0 saturated heterocycles. The SMILES string of the molecule is CC1(C)c2ccc(-c3ccc(N(c4ccccc4)c4ccc(-c5ccccc5)cc4)cc3)cc2-c2[nH]c3ccccc3c21.CC1(C)c2ccccc2-c2ccc(Br)cc21. The van der Waals surface area contributed by atoms with Gasteiger partial charge in [-0.3, -0.25) is 0 Å². The maximum Gasteiger partial charge on any atom is 0.0509 e. The first kappa shape index (κ1) is 36.9. The van der Waals surface area contributed by atoms with Crippen LogP contribution in [0.15, 0.2) is 199 Å². The Balaban J connectivity index is 0.000000219. The van der Waals surface area contributed by atoms with Crippen molar-refractivity contribution >= 4 is 43.9 Å². The number of anilines is 3. The Morgan fingerprint density at radius 1 is 0.407 bits per heavy atom. The van der Waals surface area contributed by atoms with Crippen molar-refractivity contribution in [1.29, 1.82) is 0 Å². The van der Waals surface area contributed by atoms with Crippen LogP contribution in [0.1, 0.15) is 49.9 Å². The molecule has 1 N–H and O–H groups in total. The quantitative estimate of drug-likeness (QED) is 0.183. The first-order valence-corrected chi connectivity index (χ1v) is 21.2. The monoisotopic (exact) mass is 824 g/mol. The highest BCUT2D eigenvalue weighted by atomic mass is 79.9. The van der Waals surface area contributed by atoms with Gasteiger partial charge in [-0.25, -0.2) is 0 Å². The van der Waals surface area contributed by atoms with Crippen LogP contribution in [0.5, 0.6) is 0 Å². The fraction of sp³-hybridized carbons (Fsp3) is 0.107. The number of hydrogen-bond donors (Lipinski definition) is 1. The largest absolute Gasteiger partial charge is 0.354 e. The summed E-state index contributed by atoms with van der Waals surface area (Å²) in [6.07, 6.45) is 0. The first-order valence-electron chi connectivity index (χ1n) is 20.5. The molecule has 1 heterocycles. The molecule has 2 nitrogen and oxygen atoms in total. The second kappa shape index (κ2) is 14.4. The van der Waals surface area contributed by atoms with Gasteiger partial charge in [0.25, 0.3) is 0 Å². The average molecular weight is 826 g/mol. The zero-order valence-electron chi connectivity index (χ0n) is 33.8. The van der Waals surface area contributed by atoms with Crippen molar-refractivity contribution in [3.63, 3.8) is 0 Å². The van der Waals surface area contributed by atoms with E-state index in [9.17, 15) is 0 Å². The van der Waals surface area contributed by atoms with Crippen LogP contribution in [0.4, 0.5) is 17.1 Å². The molecule has 1 aromatic heterocycles. The third kappa shape index (κ3) is 6.33. The van der Waals surface area contributed by atoms with Gasteiger partial charge in [-0.05, 0) is 116 Å². The zero-order chi connectivity index (χ0) is 40.3. The number of hydrogen-bond acceptors (Lipinski definition) is 1. The Bertz CT molecular complexity index is 2980. The summed E-state index contributed by atoms with van der Waals surface area (Å²) in [6, 6.07) is 69.9. The molecular formula is C56H45BrN2. The average Bonchev–Trinajstić information content (AvgIpc) is 3.85. The molecule has 0 atom stereocenters. The lowest BCUT2D eigenvalue weighted by Crippen LogP contribution is -2.14. The van der Waals surface area contributed by atoms with Crippen molar-refractivity contribution in [3.05, 3.63) is 221 Å². The summed E-state index contributed by atoms with van der Waals surface area (Å²) in [5, 5.41) is 1.32. The number of nitrogens with zero attached hydrogens (tertiary/aromatic N) is 1. The number of aromatic nitrogens is 1. The van der Waals surface area contributed by atoms with Gasteiger partial charge in [-0.1, -0.05) is 177 Å². The Labute approximate surface area is 356 Å². The highest BCUT2D eigenvalue weighted by Crippen LogP contribution is 2.52. The number of para-hydroxylation sites is 2. The van der Waals surface area contributed by atoms with E-state index in [1.165, 1.54) is 77.8 Å². The molecule has 0 saturated carbocycles. The fourth-order valence-electron chi connectivity index (χ4n) is 9.54. The van der Waals surface area contributed by atoms with Crippen LogP contribution in [0.3, 0.4) is 0 Å². The van der Waals surface area contributed by atoms with E-state index in [-0.39, 0.29) is 10.8 Å². The summed E-state index contributed by atoms with van der Waals surface area (Å²) < 4.78 is 1.16. The minimum Gasteiger partial charge on any atom is -0.354 e. The topological polar surface area (TPSA) is 19.0 Å². The van der Waals surface area contributed by atoms with Crippen LogP contribution in [0, 0.1) is 0 Å². The number of nitrogens with one attached hydrogen (secondary N) is 1. The lowest BCUT2D eigenvalue weighted by molar-refractivity contribution is 0.660. The number of rotatable bonds is 5. The van der Waals surface area contributed by atoms with Crippen LogP contribution < -0.4 is 4.90 Å². The van der Waals surface area contributed by atoms with Gasteiger partial charge in [-0.15, -0.1) is 0 Å². The Morgan fingerprint density at radius 3 is 1.64 bits per heavy atom. The fourth-order valence-corrected chi connectivity index (χ4v) is 9.90. The summed E-state index contributed by atoms with van der Waals surface area (Å²) in [5.74, 6) is 0. The van der Waals surface area contributed by atoms with Crippen molar-refractivity contribution in [3.8, 4) is 44.6 Å². The molecule has 0 amide bonds. The molecule has 286 valence electrons. The van der Waals surface area contributed by atoms with Gasteiger partial charge in [0.2, 0.25) is 0 Å². The molecule has 0 fully saturated rings. The maximum absolute atomic E-state index is 3.73.